The molecule has 1 saturated heterocycles. The first-order chi connectivity index (χ1) is 14.2. The molecule has 6 heteroatoms. The van der Waals surface area contributed by atoms with Crippen LogP contribution in [0.2, 0.25) is 0 Å². The van der Waals surface area contributed by atoms with E-state index >= 15 is 0 Å². The fourth-order valence-electron chi connectivity index (χ4n) is 3.79. The third kappa shape index (κ3) is 5.86. The zero-order chi connectivity index (χ0) is 20.5. The van der Waals surface area contributed by atoms with Gasteiger partial charge in [0, 0.05) is 44.6 Å². The minimum atomic E-state index is 0.356. The Morgan fingerprint density at radius 3 is 2.97 bits per heavy atom. The van der Waals surface area contributed by atoms with Gasteiger partial charge in [-0.1, -0.05) is 12.1 Å². The molecule has 0 bridgehead atoms. The first kappa shape index (κ1) is 21.0. The molecular formula is C23H33N5O. The van der Waals surface area contributed by atoms with Crippen molar-refractivity contribution in [3.8, 4) is 5.75 Å². The Hall–Kier alpha value is -2.76. The molecule has 1 aromatic heterocycles. The second kappa shape index (κ2) is 10.7. The lowest BCUT2D eigenvalue weighted by Crippen LogP contribution is -2.51. The van der Waals surface area contributed by atoms with Crippen LogP contribution >= 0.6 is 0 Å². The number of anilines is 1. The normalized spacial score (nSPS) is 17.1. The van der Waals surface area contributed by atoms with Crippen LogP contribution in [0.1, 0.15) is 30.9 Å². The minimum Gasteiger partial charge on any atom is -0.495 e. The van der Waals surface area contributed by atoms with Crippen LogP contribution in [-0.4, -0.2) is 50.3 Å². The molecular weight excluding hydrogens is 362 g/mol. The molecule has 1 aliphatic rings. The minimum absolute atomic E-state index is 0.356. The van der Waals surface area contributed by atoms with Crippen molar-refractivity contribution in [1.29, 1.82) is 0 Å². The van der Waals surface area contributed by atoms with Crippen molar-refractivity contribution in [1.82, 2.24) is 15.6 Å². The van der Waals surface area contributed by atoms with Crippen molar-refractivity contribution in [2.75, 3.05) is 38.2 Å². The summed E-state index contributed by atoms with van der Waals surface area (Å²) >= 11 is 0. The average Bonchev–Trinajstić information content (AvgIpc) is 2.75. The topological polar surface area (TPSA) is 61.8 Å². The number of benzene rings is 1. The zero-order valence-corrected chi connectivity index (χ0v) is 17.8. The number of pyridine rings is 1. The molecule has 0 radical (unpaired) electrons. The summed E-state index contributed by atoms with van der Waals surface area (Å²) in [6.45, 7) is 7.80. The van der Waals surface area contributed by atoms with Gasteiger partial charge in [0.1, 0.15) is 5.75 Å². The third-order valence-electron chi connectivity index (χ3n) is 5.32. The summed E-state index contributed by atoms with van der Waals surface area (Å²) < 4.78 is 5.56. The molecule has 1 atom stereocenters. The van der Waals surface area contributed by atoms with E-state index in [9.17, 15) is 0 Å². The number of aryl methyl sites for hydroxylation is 1. The summed E-state index contributed by atoms with van der Waals surface area (Å²) in [5, 5.41) is 7.03. The highest BCUT2D eigenvalue weighted by molar-refractivity contribution is 5.80. The van der Waals surface area contributed by atoms with Crippen LogP contribution < -0.4 is 20.3 Å². The van der Waals surface area contributed by atoms with Gasteiger partial charge >= 0.3 is 0 Å². The molecule has 0 amide bonds. The Morgan fingerprint density at radius 1 is 1.31 bits per heavy atom. The van der Waals surface area contributed by atoms with E-state index in [0.29, 0.717) is 6.04 Å². The molecule has 1 fully saturated rings. The van der Waals surface area contributed by atoms with Crippen LogP contribution in [0, 0.1) is 6.92 Å². The van der Waals surface area contributed by atoms with Gasteiger partial charge in [-0.15, -0.1) is 0 Å². The molecule has 6 nitrogen and oxygen atoms in total. The van der Waals surface area contributed by atoms with Crippen LogP contribution in [0.4, 0.5) is 5.69 Å². The molecule has 1 aliphatic heterocycles. The smallest absolute Gasteiger partial charge is 0.191 e. The van der Waals surface area contributed by atoms with Crippen LogP contribution in [0.5, 0.6) is 5.75 Å². The van der Waals surface area contributed by atoms with Gasteiger partial charge in [-0.2, -0.15) is 0 Å². The van der Waals surface area contributed by atoms with Gasteiger partial charge in [0.2, 0.25) is 0 Å². The highest BCUT2D eigenvalue weighted by Crippen LogP contribution is 2.29. The average molecular weight is 396 g/mol. The maximum atomic E-state index is 5.56. The SMILES string of the molecule is CCNC(=NCCc1ccncc1C)NC1CCCN(c2ccccc2OC)C1. The maximum absolute atomic E-state index is 5.56. The Morgan fingerprint density at radius 2 is 2.17 bits per heavy atom. The summed E-state index contributed by atoms with van der Waals surface area (Å²) in [6, 6.07) is 10.7. The van der Waals surface area contributed by atoms with Crippen molar-refractivity contribution in [3.63, 3.8) is 0 Å². The summed E-state index contributed by atoms with van der Waals surface area (Å²) in [5.41, 5.74) is 3.69. The summed E-state index contributed by atoms with van der Waals surface area (Å²) in [7, 11) is 1.74. The van der Waals surface area contributed by atoms with Gasteiger partial charge in [0.25, 0.3) is 0 Å². The van der Waals surface area contributed by atoms with Crippen LogP contribution in [-0.2, 0) is 6.42 Å². The van der Waals surface area contributed by atoms with Gasteiger partial charge in [-0.3, -0.25) is 9.98 Å². The molecule has 3 rings (SSSR count). The predicted molar refractivity (Wildman–Crippen MR) is 120 cm³/mol. The standard InChI is InChI=1S/C23H33N5O/c1-4-25-23(26-14-12-19-11-13-24-16-18(19)2)27-20-8-7-15-28(17-20)21-9-5-6-10-22(21)29-3/h5-6,9-11,13,16,20H,4,7-8,12,14-15,17H2,1-3H3,(H2,25,26,27). The maximum Gasteiger partial charge on any atom is 0.191 e. The number of para-hydroxylation sites is 2. The summed E-state index contributed by atoms with van der Waals surface area (Å²) in [6.07, 6.45) is 6.97. The largest absolute Gasteiger partial charge is 0.495 e. The zero-order valence-electron chi connectivity index (χ0n) is 17.8. The lowest BCUT2D eigenvalue weighted by atomic mass is 10.0. The van der Waals surface area contributed by atoms with Gasteiger partial charge in [0.05, 0.1) is 12.8 Å². The number of methoxy groups -OCH3 is 1. The molecule has 156 valence electrons. The van der Waals surface area contributed by atoms with Crippen LogP contribution in [0.25, 0.3) is 0 Å². The Labute approximate surface area is 174 Å². The van der Waals surface area contributed by atoms with Gasteiger partial charge in [-0.05, 0) is 62.4 Å². The molecule has 2 aromatic rings. The molecule has 0 saturated carbocycles. The number of guanidine groups is 1. The molecule has 29 heavy (non-hydrogen) atoms. The molecule has 1 aromatic carbocycles. The first-order valence-corrected chi connectivity index (χ1v) is 10.5. The van der Waals surface area contributed by atoms with Crippen LogP contribution in [0.15, 0.2) is 47.7 Å². The van der Waals surface area contributed by atoms with E-state index in [4.69, 9.17) is 9.73 Å². The number of aliphatic imine (C=N–C) groups is 1. The Bertz CT molecular complexity index is 807. The van der Waals surface area contributed by atoms with E-state index < -0.39 is 0 Å². The number of hydrogen-bond donors (Lipinski definition) is 2. The van der Waals surface area contributed by atoms with Crippen molar-refractivity contribution in [3.05, 3.63) is 53.9 Å². The quantitative estimate of drug-likeness (QED) is 0.557. The number of piperidine rings is 1. The molecule has 0 spiro atoms. The second-order valence-electron chi connectivity index (χ2n) is 7.41. The van der Waals surface area contributed by atoms with Crippen LogP contribution in [0.3, 0.4) is 0 Å². The highest BCUT2D eigenvalue weighted by Gasteiger charge is 2.22. The number of rotatable bonds is 7. The first-order valence-electron chi connectivity index (χ1n) is 10.5. The lowest BCUT2D eigenvalue weighted by molar-refractivity contribution is 0.408. The third-order valence-corrected chi connectivity index (χ3v) is 5.32. The number of aromatic nitrogens is 1. The monoisotopic (exact) mass is 395 g/mol. The highest BCUT2D eigenvalue weighted by atomic mass is 16.5. The van der Waals surface area contributed by atoms with E-state index in [0.717, 1.165) is 62.8 Å². The molecule has 1 unspecified atom stereocenters. The second-order valence-corrected chi connectivity index (χ2v) is 7.41. The van der Waals surface area contributed by atoms with Crippen molar-refractivity contribution < 1.29 is 4.74 Å². The number of nitrogens with zero attached hydrogens (tertiary/aromatic N) is 3. The van der Waals surface area contributed by atoms with Gasteiger partial charge < -0.3 is 20.3 Å². The van der Waals surface area contributed by atoms with Crippen molar-refractivity contribution in [2.45, 2.75) is 39.2 Å². The van der Waals surface area contributed by atoms with Crippen molar-refractivity contribution in [2.24, 2.45) is 4.99 Å². The Kier molecular flexibility index (Phi) is 7.73. The van der Waals surface area contributed by atoms with E-state index in [1.807, 2.05) is 24.5 Å². The van der Waals surface area contributed by atoms with E-state index in [2.05, 4.69) is 52.6 Å². The number of hydrogen-bond acceptors (Lipinski definition) is 4. The number of nitrogens with one attached hydrogen (secondary N) is 2. The fourth-order valence-corrected chi connectivity index (χ4v) is 3.79. The van der Waals surface area contributed by atoms with Crippen molar-refractivity contribution >= 4 is 11.6 Å². The molecule has 2 heterocycles. The summed E-state index contributed by atoms with van der Waals surface area (Å²) in [5.74, 6) is 1.83. The van der Waals surface area contributed by atoms with E-state index in [-0.39, 0.29) is 0 Å². The number of ether oxygens (including phenoxy) is 1. The Balaban J connectivity index is 1.61. The lowest BCUT2D eigenvalue weighted by Gasteiger charge is -2.36. The summed E-state index contributed by atoms with van der Waals surface area (Å²) in [4.78, 5) is 11.4. The predicted octanol–water partition coefficient (Wildman–Crippen LogP) is 3.17. The van der Waals surface area contributed by atoms with Gasteiger partial charge in [-0.25, -0.2) is 0 Å². The molecule has 2 N–H and O–H groups in total. The van der Waals surface area contributed by atoms with E-state index in [1.165, 1.54) is 11.1 Å². The van der Waals surface area contributed by atoms with E-state index in [1.54, 1.807) is 7.11 Å². The van der Waals surface area contributed by atoms with Gasteiger partial charge in [0.15, 0.2) is 5.96 Å². The molecule has 0 aliphatic carbocycles. The fraction of sp³-hybridized carbons (Fsp3) is 0.478.